The van der Waals surface area contributed by atoms with Crippen LogP contribution in [0.25, 0.3) is 0 Å². The summed E-state index contributed by atoms with van der Waals surface area (Å²) in [6.07, 6.45) is 0. The molecule has 0 saturated heterocycles. The molecule has 0 aromatic heterocycles. The SMILES string of the molecule is O=[N+]([O-])/C(C(Cl)=C(Cl)Cl)=C(\Nc1ccccc1)SCc1ccccc1. The number of benzene rings is 2. The number of allylic oxidation sites excluding steroid dienone is 1. The topological polar surface area (TPSA) is 55.2 Å². The first-order chi connectivity index (χ1) is 12.0. The molecule has 0 aliphatic carbocycles. The Hall–Kier alpha value is -1.66. The summed E-state index contributed by atoms with van der Waals surface area (Å²) in [4.78, 5) is 10.9. The lowest BCUT2D eigenvalue weighted by atomic mass is 10.2. The largest absolute Gasteiger partial charge is 0.345 e. The number of nitro groups is 1. The average Bonchev–Trinajstić information content (AvgIpc) is 2.61. The zero-order chi connectivity index (χ0) is 18.2. The van der Waals surface area contributed by atoms with Gasteiger partial charge in [0.15, 0.2) is 10.1 Å². The minimum Gasteiger partial charge on any atom is -0.345 e. The van der Waals surface area contributed by atoms with Crippen molar-refractivity contribution < 1.29 is 4.92 Å². The standard InChI is InChI=1S/C17H13Cl3N2O2S/c18-14(16(19)20)15(22(23)24)17(21-13-9-5-2-6-10-13)25-11-12-7-3-1-4-8-12/h1-10,21H,11H2/b17-15+. The molecule has 2 aromatic carbocycles. The summed E-state index contributed by atoms with van der Waals surface area (Å²) in [5.41, 5.74) is 1.33. The van der Waals surface area contributed by atoms with Crippen molar-refractivity contribution in [3.8, 4) is 0 Å². The number of hydrogen-bond acceptors (Lipinski definition) is 4. The van der Waals surface area contributed by atoms with Crippen LogP contribution in [0, 0.1) is 10.1 Å². The summed E-state index contributed by atoms with van der Waals surface area (Å²) in [5.74, 6) is 0.511. The third-order valence-corrected chi connectivity index (χ3v) is 5.03. The van der Waals surface area contributed by atoms with Crippen molar-refractivity contribution in [3.63, 3.8) is 0 Å². The van der Waals surface area contributed by atoms with Crippen LogP contribution in [0.2, 0.25) is 0 Å². The highest BCUT2D eigenvalue weighted by atomic mass is 35.5. The fraction of sp³-hybridized carbons (Fsp3) is 0.0588. The molecule has 25 heavy (non-hydrogen) atoms. The quantitative estimate of drug-likeness (QED) is 0.324. The van der Waals surface area contributed by atoms with Crippen molar-refractivity contribution in [2.24, 2.45) is 0 Å². The molecule has 130 valence electrons. The first-order valence-electron chi connectivity index (χ1n) is 7.07. The lowest BCUT2D eigenvalue weighted by molar-refractivity contribution is -0.420. The van der Waals surface area contributed by atoms with Crippen molar-refractivity contribution >= 4 is 52.3 Å². The zero-order valence-corrected chi connectivity index (χ0v) is 15.9. The summed E-state index contributed by atoms with van der Waals surface area (Å²) >= 11 is 18.6. The van der Waals surface area contributed by atoms with Gasteiger partial charge in [-0.1, -0.05) is 95.1 Å². The van der Waals surface area contributed by atoms with Gasteiger partial charge in [-0.2, -0.15) is 0 Å². The van der Waals surface area contributed by atoms with Gasteiger partial charge in [0, 0.05) is 11.4 Å². The van der Waals surface area contributed by atoms with E-state index >= 15 is 0 Å². The van der Waals surface area contributed by atoms with E-state index in [1.165, 1.54) is 11.8 Å². The first-order valence-corrected chi connectivity index (χ1v) is 9.19. The van der Waals surface area contributed by atoms with Crippen molar-refractivity contribution in [2.75, 3.05) is 5.32 Å². The molecule has 0 fully saturated rings. The second kappa shape index (κ2) is 9.73. The molecule has 0 amide bonds. The van der Waals surface area contributed by atoms with Crippen LogP contribution in [0.4, 0.5) is 5.69 Å². The molecule has 8 heteroatoms. The van der Waals surface area contributed by atoms with Gasteiger partial charge >= 0.3 is 5.70 Å². The number of nitrogens with zero attached hydrogens (tertiary/aromatic N) is 1. The lowest BCUT2D eigenvalue weighted by Gasteiger charge is -2.12. The Labute approximate surface area is 164 Å². The molecule has 0 atom stereocenters. The van der Waals surface area contributed by atoms with Crippen LogP contribution in [0.1, 0.15) is 5.56 Å². The molecule has 0 unspecified atom stereocenters. The third kappa shape index (κ3) is 5.97. The van der Waals surface area contributed by atoms with Crippen LogP contribution < -0.4 is 5.32 Å². The summed E-state index contributed by atoms with van der Waals surface area (Å²) < 4.78 is -0.360. The molecule has 2 rings (SSSR count). The van der Waals surface area contributed by atoms with Gasteiger partial charge in [-0.15, -0.1) is 0 Å². The van der Waals surface area contributed by atoms with E-state index in [9.17, 15) is 10.1 Å². The molecule has 0 radical (unpaired) electrons. The number of halogens is 3. The molecule has 0 heterocycles. The van der Waals surface area contributed by atoms with Crippen LogP contribution in [0.15, 0.2) is 80.9 Å². The van der Waals surface area contributed by atoms with E-state index in [2.05, 4.69) is 5.32 Å². The fourth-order valence-corrected chi connectivity index (χ4v) is 3.30. The second-order valence-corrected chi connectivity index (χ2v) is 7.09. The van der Waals surface area contributed by atoms with Crippen LogP contribution in [0.5, 0.6) is 0 Å². The summed E-state index contributed by atoms with van der Waals surface area (Å²) in [6, 6.07) is 18.7. The van der Waals surface area contributed by atoms with Gasteiger partial charge in [0.1, 0.15) is 4.49 Å². The van der Waals surface area contributed by atoms with Crippen LogP contribution in [0.3, 0.4) is 0 Å². The van der Waals surface area contributed by atoms with E-state index in [1.54, 1.807) is 12.1 Å². The third-order valence-electron chi connectivity index (χ3n) is 3.03. The Bertz CT molecular complexity index is 792. The number of rotatable bonds is 7. The molecule has 0 aliphatic rings. The number of para-hydroxylation sites is 1. The van der Waals surface area contributed by atoms with Crippen molar-refractivity contribution in [2.45, 2.75) is 5.75 Å². The first kappa shape index (κ1) is 19.7. The van der Waals surface area contributed by atoms with Gasteiger partial charge in [0.05, 0.1) is 4.92 Å². The zero-order valence-electron chi connectivity index (χ0n) is 12.8. The molecular formula is C17H13Cl3N2O2S. The molecule has 1 N–H and O–H groups in total. The maximum absolute atomic E-state index is 11.5. The molecular weight excluding hydrogens is 403 g/mol. The van der Waals surface area contributed by atoms with Gasteiger partial charge in [0.2, 0.25) is 0 Å². The Kier molecular flexibility index (Phi) is 7.65. The van der Waals surface area contributed by atoms with Crippen molar-refractivity contribution in [3.05, 3.63) is 96.6 Å². The van der Waals surface area contributed by atoms with Gasteiger partial charge in [0.25, 0.3) is 0 Å². The predicted octanol–water partition coefficient (Wildman–Crippen LogP) is 6.36. The number of nitrogens with one attached hydrogen (secondary N) is 1. The molecule has 0 aliphatic heterocycles. The second-order valence-electron chi connectivity index (χ2n) is 4.77. The summed E-state index contributed by atoms with van der Waals surface area (Å²) in [7, 11) is 0. The normalized spacial score (nSPS) is 11.5. The molecule has 4 nitrogen and oxygen atoms in total. The fourth-order valence-electron chi connectivity index (χ4n) is 1.90. The van der Waals surface area contributed by atoms with Crippen LogP contribution in [-0.4, -0.2) is 4.92 Å². The summed E-state index contributed by atoms with van der Waals surface area (Å²) in [5, 5.41) is 14.5. The maximum atomic E-state index is 11.5. The molecule has 2 aromatic rings. The van der Waals surface area contributed by atoms with Gasteiger partial charge < -0.3 is 5.32 Å². The molecule has 0 bridgehead atoms. The minimum absolute atomic E-state index is 0.254. The van der Waals surface area contributed by atoms with E-state index < -0.39 is 4.92 Å². The number of thioether (sulfide) groups is 1. The van der Waals surface area contributed by atoms with Gasteiger partial charge in [-0.25, -0.2) is 0 Å². The number of hydrogen-bond donors (Lipinski definition) is 1. The summed E-state index contributed by atoms with van der Waals surface area (Å²) in [6.45, 7) is 0. The Balaban J connectivity index is 2.40. The Morgan fingerprint density at radius 3 is 2.08 bits per heavy atom. The lowest BCUT2D eigenvalue weighted by Crippen LogP contribution is -2.09. The average molecular weight is 416 g/mol. The number of anilines is 1. The van der Waals surface area contributed by atoms with Gasteiger partial charge in [-0.3, -0.25) is 10.1 Å². The van der Waals surface area contributed by atoms with E-state index in [0.29, 0.717) is 11.4 Å². The van der Waals surface area contributed by atoms with E-state index in [4.69, 9.17) is 34.8 Å². The molecule has 0 spiro atoms. The van der Waals surface area contributed by atoms with Crippen molar-refractivity contribution in [1.29, 1.82) is 0 Å². The van der Waals surface area contributed by atoms with E-state index in [0.717, 1.165) is 5.56 Å². The van der Waals surface area contributed by atoms with Crippen molar-refractivity contribution in [1.82, 2.24) is 0 Å². The molecule has 0 saturated carbocycles. The van der Waals surface area contributed by atoms with E-state index in [-0.39, 0.29) is 20.2 Å². The maximum Gasteiger partial charge on any atom is 0.320 e. The van der Waals surface area contributed by atoms with E-state index in [1.807, 2.05) is 48.5 Å². The highest BCUT2D eigenvalue weighted by Crippen LogP contribution is 2.34. The minimum atomic E-state index is -0.601. The highest BCUT2D eigenvalue weighted by Gasteiger charge is 2.26. The van der Waals surface area contributed by atoms with Crippen LogP contribution >= 0.6 is 46.6 Å². The highest BCUT2D eigenvalue weighted by molar-refractivity contribution is 8.02. The monoisotopic (exact) mass is 414 g/mol. The predicted molar refractivity (Wildman–Crippen MR) is 106 cm³/mol. The van der Waals surface area contributed by atoms with Crippen LogP contribution in [-0.2, 0) is 5.75 Å². The Morgan fingerprint density at radius 1 is 1.00 bits per heavy atom. The van der Waals surface area contributed by atoms with Gasteiger partial charge in [-0.05, 0) is 17.7 Å². The Morgan fingerprint density at radius 2 is 1.56 bits per heavy atom. The smallest absolute Gasteiger partial charge is 0.320 e.